The zero-order valence-electron chi connectivity index (χ0n) is 11.1. The molecule has 0 amide bonds. The van der Waals surface area contributed by atoms with Crippen LogP contribution >= 0.6 is 0 Å². The minimum atomic E-state index is -0.0157. The van der Waals surface area contributed by atoms with Crippen molar-refractivity contribution in [1.82, 2.24) is 10.4 Å². The van der Waals surface area contributed by atoms with E-state index in [-0.39, 0.29) is 6.04 Å². The number of rotatable bonds is 3. The van der Waals surface area contributed by atoms with Crippen LogP contribution in [0.3, 0.4) is 0 Å². The number of benzene rings is 1. The van der Waals surface area contributed by atoms with Crippen LogP contribution in [-0.2, 0) is 0 Å². The van der Waals surface area contributed by atoms with E-state index in [9.17, 15) is 0 Å². The number of hydrogen-bond donors (Lipinski definition) is 2. The summed E-state index contributed by atoms with van der Waals surface area (Å²) in [7, 11) is 0. The summed E-state index contributed by atoms with van der Waals surface area (Å²) in [5.74, 6) is 5.72. The van der Waals surface area contributed by atoms with Gasteiger partial charge in [0.1, 0.15) is 0 Å². The van der Waals surface area contributed by atoms with Gasteiger partial charge >= 0.3 is 0 Å². The molecule has 0 saturated heterocycles. The summed E-state index contributed by atoms with van der Waals surface area (Å²) >= 11 is 0. The molecular weight excluding hydrogens is 222 g/mol. The number of nitrogens with one attached hydrogen (secondary N) is 1. The Morgan fingerprint density at radius 2 is 1.89 bits per heavy atom. The topological polar surface area (TPSA) is 50.9 Å². The fourth-order valence-corrected chi connectivity index (χ4v) is 2.11. The molecule has 94 valence electrons. The summed E-state index contributed by atoms with van der Waals surface area (Å²) in [6, 6.07) is 10.4. The predicted octanol–water partition coefficient (Wildman–Crippen LogP) is 2.56. The van der Waals surface area contributed by atoms with Gasteiger partial charge in [0, 0.05) is 11.9 Å². The van der Waals surface area contributed by atoms with Gasteiger partial charge in [0.15, 0.2) is 0 Å². The van der Waals surface area contributed by atoms with Crippen LogP contribution < -0.4 is 11.3 Å². The van der Waals surface area contributed by atoms with Crippen molar-refractivity contribution >= 4 is 0 Å². The van der Waals surface area contributed by atoms with Gasteiger partial charge in [-0.1, -0.05) is 24.3 Å². The van der Waals surface area contributed by atoms with Crippen molar-refractivity contribution in [1.29, 1.82) is 0 Å². The summed E-state index contributed by atoms with van der Waals surface area (Å²) < 4.78 is 0. The first-order chi connectivity index (χ1) is 8.63. The van der Waals surface area contributed by atoms with Gasteiger partial charge in [0.25, 0.3) is 0 Å². The van der Waals surface area contributed by atoms with Crippen molar-refractivity contribution in [2.45, 2.75) is 26.8 Å². The number of hydrazine groups is 1. The van der Waals surface area contributed by atoms with Gasteiger partial charge in [-0.3, -0.25) is 10.8 Å². The molecule has 0 aliphatic heterocycles. The Morgan fingerprint density at radius 1 is 1.11 bits per heavy atom. The normalized spacial score (nSPS) is 12.4. The van der Waals surface area contributed by atoms with Crippen molar-refractivity contribution < 1.29 is 0 Å². The van der Waals surface area contributed by atoms with Crippen LogP contribution in [0.15, 0.2) is 36.5 Å². The van der Waals surface area contributed by atoms with Crippen molar-refractivity contribution in [2.24, 2.45) is 5.84 Å². The third-order valence-corrected chi connectivity index (χ3v) is 3.39. The number of pyridine rings is 1. The second-order valence-electron chi connectivity index (χ2n) is 4.62. The maximum absolute atomic E-state index is 5.72. The summed E-state index contributed by atoms with van der Waals surface area (Å²) in [6.45, 7) is 6.22. The SMILES string of the molecule is Cc1ccc(C(NN)c2cccnc2C)cc1C. The van der Waals surface area contributed by atoms with E-state index in [1.54, 1.807) is 6.20 Å². The lowest BCUT2D eigenvalue weighted by Crippen LogP contribution is -2.29. The number of aryl methyl sites for hydroxylation is 3. The van der Waals surface area contributed by atoms with Crippen LogP contribution in [0.1, 0.15) is 34.0 Å². The highest BCUT2D eigenvalue weighted by molar-refractivity contribution is 5.38. The average Bonchev–Trinajstić information content (AvgIpc) is 2.37. The molecule has 3 N–H and O–H groups in total. The van der Waals surface area contributed by atoms with Gasteiger partial charge in [-0.25, -0.2) is 5.43 Å². The Kier molecular flexibility index (Phi) is 3.75. The van der Waals surface area contributed by atoms with Crippen LogP contribution in [0.25, 0.3) is 0 Å². The smallest absolute Gasteiger partial charge is 0.0727 e. The van der Waals surface area contributed by atoms with E-state index in [1.807, 2.05) is 13.0 Å². The fourth-order valence-electron chi connectivity index (χ4n) is 2.11. The molecule has 1 unspecified atom stereocenters. The molecule has 0 spiro atoms. The minimum absolute atomic E-state index is 0.0157. The first-order valence-electron chi connectivity index (χ1n) is 6.08. The van der Waals surface area contributed by atoms with Crippen molar-refractivity contribution in [3.05, 3.63) is 64.5 Å². The van der Waals surface area contributed by atoms with Crippen LogP contribution in [-0.4, -0.2) is 4.98 Å². The lowest BCUT2D eigenvalue weighted by Gasteiger charge is -2.19. The third-order valence-electron chi connectivity index (χ3n) is 3.39. The Bertz CT molecular complexity index is 549. The third kappa shape index (κ3) is 2.42. The molecule has 0 radical (unpaired) electrons. The van der Waals surface area contributed by atoms with Crippen LogP contribution in [0.2, 0.25) is 0 Å². The zero-order chi connectivity index (χ0) is 13.1. The van der Waals surface area contributed by atoms with E-state index in [0.29, 0.717) is 0 Å². The van der Waals surface area contributed by atoms with Gasteiger partial charge in [0.2, 0.25) is 0 Å². The molecular formula is C15H19N3. The van der Waals surface area contributed by atoms with E-state index in [1.165, 1.54) is 11.1 Å². The molecule has 18 heavy (non-hydrogen) atoms. The molecule has 0 fully saturated rings. The van der Waals surface area contributed by atoms with E-state index >= 15 is 0 Å². The molecule has 2 rings (SSSR count). The quantitative estimate of drug-likeness (QED) is 0.641. The van der Waals surface area contributed by atoms with Crippen molar-refractivity contribution in [2.75, 3.05) is 0 Å². The van der Waals surface area contributed by atoms with Crippen LogP contribution in [0.4, 0.5) is 0 Å². The molecule has 1 atom stereocenters. The number of aromatic nitrogens is 1. The van der Waals surface area contributed by atoms with Gasteiger partial charge in [0.05, 0.1) is 6.04 Å². The molecule has 1 aromatic heterocycles. The highest BCUT2D eigenvalue weighted by Crippen LogP contribution is 2.24. The Balaban J connectivity index is 2.45. The first-order valence-corrected chi connectivity index (χ1v) is 6.08. The van der Waals surface area contributed by atoms with Gasteiger partial charge in [-0.05, 0) is 49.1 Å². The molecule has 2 aromatic rings. The lowest BCUT2D eigenvalue weighted by atomic mass is 9.95. The molecule has 3 nitrogen and oxygen atoms in total. The highest BCUT2D eigenvalue weighted by Gasteiger charge is 2.15. The monoisotopic (exact) mass is 241 g/mol. The van der Waals surface area contributed by atoms with Gasteiger partial charge in [-0.15, -0.1) is 0 Å². The Labute approximate surface area is 108 Å². The average molecular weight is 241 g/mol. The summed E-state index contributed by atoms with van der Waals surface area (Å²) in [4.78, 5) is 4.32. The largest absolute Gasteiger partial charge is 0.271 e. The van der Waals surface area contributed by atoms with E-state index in [0.717, 1.165) is 16.8 Å². The van der Waals surface area contributed by atoms with Crippen LogP contribution in [0.5, 0.6) is 0 Å². The molecule has 0 aliphatic rings. The van der Waals surface area contributed by atoms with Crippen molar-refractivity contribution in [3.63, 3.8) is 0 Å². The number of hydrogen-bond acceptors (Lipinski definition) is 3. The fraction of sp³-hybridized carbons (Fsp3) is 0.267. The molecule has 0 saturated carbocycles. The highest BCUT2D eigenvalue weighted by atomic mass is 15.2. The number of nitrogens with two attached hydrogens (primary N) is 1. The summed E-state index contributed by atoms with van der Waals surface area (Å²) in [5.41, 5.74) is 8.72. The van der Waals surface area contributed by atoms with Gasteiger partial charge in [-0.2, -0.15) is 0 Å². The summed E-state index contributed by atoms with van der Waals surface area (Å²) in [5, 5.41) is 0. The summed E-state index contributed by atoms with van der Waals surface area (Å²) in [6.07, 6.45) is 1.80. The van der Waals surface area contributed by atoms with Crippen LogP contribution in [0, 0.1) is 20.8 Å². The van der Waals surface area contributed by atoms with Gasteiger partial charge < -0.3 is 0 Å². The zero-order valence-corrected chi connectivity index (χ0v) is 11.1. The van der Waals surface area contributed by atoms with E-state index in [4.69, 9.17) is 5.84 Å². The van der Waals surface area contributed by atoms with Crippen molar-refractivity contribution in [3.8, 4) is 0 Å². The molecule has 1 aromatic carbocycles. The Hall–Kier alpha value is -1.71. The maximum Gasteiger partial charge on any atom is 0.0727 e. The number of nitrogens with zero attached hydrogens (tertiary/aromatic N) is 1. The second kappa shape index (κ2) is 5.29. The van der Waals surface area contributed by atoms with E-state index in [2.05, 4.69) is 48.5 Å². The standard InChI is InChI=1S/C15H19N3/c1-10-6-7-13(9-11(10)2)15(18-16)14-5-4-8-17-12(14)3/h4-9,15,18H,16H2,1-3H3. The lowest BCUT2D eigenvalue weighted by molar-refractivity contribution is 0.630. The maximum atomic E-state index is 5.72. The first kappa shape index (κ1) is 12.7. The Morgan fingerprint density at radius 3 is 2.50 bits per heavy atom. The molecule has 1 heterocycles. The molecule has 0 bridgehead atoms. The predicted molar refractivity (Wildman–Crippen MR) is 74.1 cm³/mol. The molecule has 3 heteroatoms. The van der Waals surface area contributed by atoms with E-state index < -0.39 is 0 Å². The minimum Gasteiger partial charge on any atom is -0.271 e. The molecule has 0 aliphatic carbocycles. The second-order valence-corrected chi connectivity index (χ2v) is 4.62.